The molecule has 0 spiro atoms. The molecule has 0 fully saturated rings. The molecule has 0 saturated carbocycles. The quantitative estimate of drug-likeness (QED) is 0.403. The summed E-state index contributed by atoms with van der Waals surface area (Å²) in [5, 5.41) is 7.96. The molecule has 0 aliphatic heterocycles. The lowest BCUT2D eigenvalue weighted by molar-refractivity contribution is -0.137. The molecule has 2 aromatic carbocycles. The first-order valence-corrected chi connectivity index (χ1v) is 7.46. The number of hydrogen-bond donors (Lipinski definition) is 0. The lowest BCUT2D eigenvalue weighted by Gasteiger charge is -2.07. The highest BCUT2D eigenvalue weighted by atomic mass is 19.4. The lowest BCUT2D eigenvalue weighted by atomic mass is 10.1. The van der Waals surface area contributed by atoms with Crippen LogP contribution in [0.15, 0.2) is 67.0 Å². The van der Waals surface area contributed by atoms with E-state index in [1.54, 1.807) is 24.3 Å². The van der Waals surface area contributed by atoms with Crippen LogP contribution in [0.25, 0.3) is 11.8 Å². The Kier molecular flexibility index (Phi) is 4.83. The molecule has 0 N–H and O–H groups in total. The molecule has 8 heteroatoms. The molecule has 3 rings (SSSR count). The number of carbonyl (C=O) groups excluding carboxylic acids is 1. The van der Waals surface area contributed by atoms with E-state index in [4.69, 9.17) is 4.74 Å². The minimum absolute atomic E-state index is 0.255. The first kappa shape index (κ1) is 17.4. The van der Waals surface area contributed by atoms with Gasteiger partial charge < -0.3 is 4.74 Å². The number of para-hydroxylation sites is 2. The molecular formula is C18H12F3N3O2. The van der Waals surface area contributed by atoms with Gasteiger partial charge in [-0.25, -0.2) is 4.79 Å². The maximum Gasteiger partial charge on any atom is 0.416 e. The molecule has 5 nitrogen and oxygen atoms in total. The van der Waals surface area contributed by atoms with E-state index in [0.717, 1.165) is 18.2 Å². The Morgan fingerprint density at radius 2 is 1.65 bits per heavy atom. The molecule has 0 saturated heterocycles. The van der Waals surface area contributed by atoms with Gasteiger partial charge >= 0.3 is 12.1 Å². The van der Waals surface area contributed by atoms with Gasteiger partial charge in [0.15, 0.2) is 5.75 Å². The highest BCUT2D eigenvalue weighted by Crippen LogP contribution is 2.29. The first-order valence-electron chi connectivity index (χ1n) is 7.46. The smallest absolute Gasteiger partial charge is 0.416 e. The molecule has 132 valence electrons. The molecule has 0 bridgehead atoms. The van der Waals surface area contributed by atoms with Crippen molar-refractivity contribution in [2.45, 2.75) is 6.18 Å². The molecule has 0 aliphatic carbocycles. The number of aromatic nitrogens is 3. The van der Waals surface area contributed by atoms with Crippen molar-refractivity contribution in [3.05, 3.63) is 78.1 Å². The topological polar surface area (TPSA) is 57.0 Å². The van der Waals surface area contributed by atoms with Gasteiger partial charge in [0.25, 0.3) is 0 Å². The van der Waals surface area contributed by atoms with E-state index in [-0.39, 0.29) is 5.75 Å². The van der Waals surface area contributed by atoms with Crippen LogP contribution >= 0.6 is 0 Å². The first-order chi connectivity index (χ1) is 12.4. The molecule has 3 aromatic rings. The van der Waals surface area contributed by atoms with Crippen molar-refractivity contribution in [2.24, 2.45) is 0 Å². The van der Waals surface area contributed by atoms with Crippen LogP contribution in [0.4, 0.5) is 13.2 Å². The third-order valence-electron chi connectivity index (χ3n) is 3.36. The third-order valence-corrected chi connectivity index (χ3v) is 3.36. The summed E-state index contributed by atoms with van der Waals surface area (Å²) in [5.74, 6) is -0.421. The van der Waals surface area contributed by atoms with Gasteiger partial charge in [0.1, 0.15) is 5.69 Å². The average Bonchev–Trinajstić information content (AvgIpc) is 3.14. The second-order valence-corrected chi connectivity index (χ2v) is 5.16. The van der Waals surface area contributed by atoms with Crippen molar-refractivity contribution >= 4 is 12.0 Å². The van der Waals surface area contributed by atoms with E-state index in [2.05, 4.69) is 10.2 Å². The summed E-state index contributed by atoms with van der Waals surface area (Å²) in [6.45, 7) is 0. The summed E-state index contributed by atoms with van der Waals surface area (Å²) < 4.78 is 42.8. The molecule has 0 aliphatic rings. The summed E-state index contributed by atoms with van der Waals surface area (Å²) in [7, 11) is 0. The molecular weight excluding hydrogens is 347 g/mol. The van der Waals surface area contributed by atoms with Crippen LogP contribution in [-0.4, -0.2) is 21.0 Å². The van der Waals surface area contributed by atoms with Crippen LogP contribution < -0.4 is 4.74 Å². The molecule has 0 unspecified atom stereocenters. The number of rotatable bonds is 4. The Balaban J connectivity index is 1.71. The SMILES string of the molecule is O=C(/C=C/c1ccc(C(F)(F)F)cc1)Oc1ccccc1-n1nccn1. The van der Waals surface area contributed by atoms with Crippen LogP contribution in [0.3, 0.4) is 0 Å². The number of carbonyl (C=O) groups is 1. The fourth-order valence-corrected chi connectivity index (χ4v) is 2.14. The number of esters is 1. The number of hydrogen-bond acceptors (Lipinski definition) is 4. The summed E-state index contributed by atoms with van der Waals surface area (Å²) in [5.41, 5.74) is 0.170. The largest absolute Gasteiger partial charge is 0.421 e. The van der Waals surface area contributed by atoms with Gasteiger partial charge in [-0.05, 0) is 35.9 Å². The Morgan fingerprint density at radius 1 is 1.00 bits per heavy atom. The normalized spacial score (nSPS) is 11.7. The number of ether oxygens (including phenoxy) is 1. The van der Waals surface area contributed by atoms with Crippen molar-refractivity contribution in [2.75, 3.05) is 0 Å². The summed E-state index contributed by atoms with van der Waals surface area (Å²) in [6.07, 6.45) is 1.09. The van der Waals surface area contributed by atoms with Crippen molar-refractivity contribution in [3.8, 4) is 11.4 Å². The molecule has 0 amide bonds. The number of alkyl halides is 3. The summed E-state index contributed by atoms with van der Waals surface area (Å²) in [6, 6.07) is 11.1. The lowest BCUT2D eigenvalue weighted by Crippen LogP contribution is -2.08. The standard InChI is InChI=1S/C18H12F3N3O2/c19-18(20,21)14-8-5-13(6-9-14)7-10-17(25)26-16-4-2-1-3-15(16)24-22-11-12-23-24/h1-12H/b10-7+. The number of halogens is 3. The Morgan fingerprint density at radius 3 is 2.31 bits per heavy atom. The predicted molar refractivity (Wildman–Crippen MR) is 87.5 cm³/mol. The van der Waals surface area contributed by atoms with Gasteiger partial charge in [0, 0.05) is 6.08 Å². The van der Waals surface area contributed by atoms with E-state index < -0.39 is 17.7 Å². The van der Waals surface area contributed by atoms with Gasteiger partial charge in [0.2, 0.25) is 0 Å². The number of benzene rings is 2. The van der Waals surface area contributed by atoms with Crippen LogP contribution in [0, 0.1) is 0 Å². The van der Waals surface area contributed by atoms with E-state index in [1.165, 1.54) is 35.4 Å². The third kappa shape index (κ3) is 4.15. The number of nitrogens with zero attached hydrogens (tertiary/aromatic N) is 3. The maximum atomic E-state index is 12.5. The minimum atomic E-state index is -4.40. The Hall–Kier alpha value is -3.42. The minimum Gasteiger partial charge on any atom is -0.421 e. The zero-order valence-corrected chi connectivity index (χ0v) is 13.2. The summed E-state index contributed by atoms with van der Waals surface area (Å²) in [4.78, 5) is 13.3. The second-order valence-electron chi connectivity index (χ2n) is 5.16. The predicted octanol–water partition coefficient (Wildman–Crippen LogP) is 3.90. The van der Waals surface area contributed by atoms with Crippen LogP contribution in [0.1, 0.15) is 11.1 Å². The molecule has 1 heterocycles. The zero-order valence-electron chi connectivity index (χ0n) is 13.2. The molecule has 0 atom stereocenters. The van der Waals surface area contributed by atoms with Crippen molar-refractivity contribution < 1.29 is 22.7 Å². The van der Waals surface area contributed by atoms with Gasteiger partial charge in [-0.3, -0.25) is 0 Å². The Bertz CT molecular complexity index is 918. The molecule has 0 radical (unpaired) electrons. The van der Waals surface area contributed by atoms with Crippen molar-refractivity contribution in [1.29, 1.82) is 0 Å². The van der Waals surface area contributed by atoms with Gasteiger partial charge in [-0.15, -0.1) is 4.80 Å². The van der Waals surface area contributed by atoms with E-state index in [1.807, 2.05) is 0 Å². The zero-order chi connectivity index (χ0) is 18.6. The Labute approximate surface area is 146 Å². The monoisotopic (exact) mass is 359 g/mol. The van der Waals surface area contributed by atoms with Gasteiger partial charge in [0.05, 0.1) is 18.0 Å². The van der Waals surface area contributed by atoms with Crippen molar-refractivity contribution in [3.63, 3.8) is 0 Å². The summed E-state index contributed by atoms with van der Waals surface area (Å²) >= 11 is 0. The highest BCUT2D eigenvalue weighted by molar-refractivity contribution is 5.89. The van der Waals surface area contributed by atoms with Gasteiger partial charge in [-0.1, -0.05) is 24.3 Å². The van der Waals surface area contributed by atoms with Gasteiger partial charge in [-0.2, -0.15) is 23.4 Å². The van der Waals surface area contributed by atoms with Crippen LogP contribution in [0.5, 0.6) is 5.75 Å². The van der Waals surface area contributed by atoms with E-state index in [0.29, 0.717) is 11.3 Å². The van der Waals surface area contributed by atoms with E-state index >= 15 is 0 Å². The maximum absolute atomic E-state index is 12.5. The van der Waals surface area contributed by atoms with Crippen LogP contribution in [0.2, 0.25) is 0 Å². The second kappa shape index (κ2) is 7.22. The molecule has 1 aromatic heterocycles. The van der Waals surface area contributed by atoms with E-state index in [9.17, 15) is 18.0 Å². The van der Waals surface area contributed by atoms with Crippen molar-refractivity contribution in [1.82, 2.24) is 15.0 Å². The average molecular weight is 359 g/mol. The fourth-order valence-electron chi connectivity index (χ4n) is 2.14. The highest BCUT2D eigenvalue weighted by Gasteiger charge is 2.29. The molecule has 26 heavy (non-hydrogen) atoms. The van der Waals surface area contributed by atoms with Crippen LogP contribution in [-0.2, 0) is 11.0 Å². The fraction of sp³-hybridized carbons (Fsp3) is 0.0556.